The van der Waals surface area contributed by atoms with Gasteiger partial charge in [0, 0.05) is 24.2 Å². The van der Waals surface area contributed by atoms with Crippen LogP contribution < -0.4 is 10.1 Å². The van der Waals surface area contributed by atoms with E-state index in [-0.39, 0.29) is 23.4 Å². The van der Waals surface area contributed by atoms with Crippen molar-refractivity contribution >= 4 is 11.6 Å². The number of nitrogens with one attached hydrogen (secondary N) is 1. The highest BCUT2D eigenvalue weighted by Crippen LogP contribution is 2.39. The van der Waals surface area contributed by atoms with Crippen molar-refractivity contribution in [1.82, 2.24) is 9.55 Å². The van der Waals surface area contributed by atoms with Crippen LogP contribution in [0.3, 0.4) is 0 Å². The zero-order valence-electron chi connectivity index (χ0n) is 19.5. The summed E-state index contributed by atoms with van der Waals surface area (Å²) in [4.78, 5) is 17.4. The summed E-state index contributed by atoms with van der Waals surface area (Å²) in [5.74, 6) is -0.303. The lowest BCUT2D eigenvalue weighted by molar-refractivity contribution is -0.158. The summed E-state index contributed by atoms with van der Waals surface area (Å²) in [6, 6.07) is 15.3. The Morgan fingerprint density at radius 3 is 2.42 bits per heavy atom. The van der Waals surface area contributed by atoms with Crippen molar-refractivity contribution < 1.29 is 27.1 Å². The highest BCUT2D eigenvalue weighted by atomic mass is 19.3. The van der Waals surface area contributed by atoms with Crippen LogP contribution in [0, 0.1) is 5.82 Å². The van der Waals surface area contributed by atoms with Gasteiger partial charge in [0.2, 0.25) is 0 Å². The summed E-state index contributed by atoms with van der Waals surface area (Å²) < 4.78 is 52.1. The number of nitrogens with zero attached hydrogens (tertiary/aromatic N) is 2. The Hall–Kier alpha value is -4.01. The van der Waals surface area contributed by atoms with Gasteiger partial charge in [-0.25, -0.2) is 9.37 Å². The third-order valence-electron chi connectivity index (χ3n) is 6.10. The van der Waals surface area contributed by atoms with Gasteiger partial charge in [0.25, 0.3) is 5.91 Å². The fraction of sp³-hybridized carbons (Fsp3) is 0.259. The van der Waals surface area contributed by atoms with E-state index in [2.05, 4.69) is 19.6 Å². The molecule has 1 aliphatic rings. The Balaban J connectivity index is 1.41. The molecule has 186 valence electrons. The molecule has 0 aliphatic heterocycles. The number of carbonyl (C=O) groups is 1. The van der Waals surface area contributed by atoms with E-state index in [9.17, 15) is 18.0 Å². The molecule has 5 rings (SSSR count). The first kappa shape index (κ1) is 23.7. The maximum Gasteiger partial charge on any atom is 0.394 e. The van der Waals surface area contributed by atoms with Crippen LogP contribution >= 0.6 is 0 Å². The van der Waals surface area contributed by atoms with Crippen molar-refractivity contribution in [2.45, 2.75) is 44.8 Å². The Bertz CT molecular complexity index is 1350. The predicted molar refractivity (Wildman–Crippen MR) is 128 cm³/mol. The van der Waals surface area contributed by atoms with Gasteiger partial charge in [-0.15, -0.1) is 0 Å². The Kier molecular flexibility index (Phi) is 6.30. The third kappa shape index (κ3) is 5.15. The minimum absolute atomic E-state index is 0.0192. The van der Waals surface area contributed by atoms with E-state index in [4.69, 9.17) is 4.42 Å². The van der Waals surface area contributed by atoms with Crippen molar-refractivity contribution in [2.75, 3.05) is 5.32 Å². The van der Waals surface area contributed by atoms with Crippen LogP contribution in [0.15, 0.2) is 71.4 Å². The lowest BCUT2D eigenvalue weighted by atomic mass is 10.1. The van der Waals surface area contributed by atoms with Gasteiger partial charge in [-0.2, -0.15) is 8.78 Å². The number of rotatable bonds is 7. The van der Waals surface area contributed by atoms with E-state index in [0.717, 1.165) is 36.9 Å². The summed E-state index contributed by atoms with van der Waals surface area (Å²) in [7, 11) is 0. The summed E-state index contributed by atoms with van der Waals surface area (Å²) in [5.41, 5.74) is 2.51. The number of amides is 1. The molecule has 0 spiro atoms. The van der Waals surface area contributed by atoms with Crippen LogP contribution in [0.5, 0.6) is 5.75 Å². The fourth-order valence-electron chi connectivity index (χ4n) is 4.48. The second-order valence-electron chi connectivity index (χ2n) is 8.85. The molecule has 0 bridgehead atoms. The molecule has 2 aromatic heterocycles. The van der Waals surface area contributed by atoms with Crippen molar-refractivity contribution in [3.63, 3.8) is 0 Å². The molecule has 2 heterocycles. The number of imidazole rings is 1. The molecule has 4 aromatic rings. The fourth-order valence-corrected chi connectivity index (χ4v) is 4.48. The van der Waals surface area contributed by atoms with Crippen molar-refractivity contribution in [2.24, 2.45) is 0 Å². The van der Waals surface area contributed by atoms with Crippen molar-refractivity contribution in [3.05, 3.63) is 78.6 Å². The van der Waals surface area contributed by atoms with Crippen LogP contribution in [0.25, 0.3) is 22.7 Å². The lowest BCUT2D eigenvalue weighted by Crippen LogP contribution is -2.19. The molecule has 0 unspecified atom stereocenters. The van der Waals surface area contributed by atoms with Gasteiger partial charge < -0.3 is 19.0 Å². The van der Waals surface area contributed by atoms with Gasteiger partial charge in [-0.3, -0.25) is 4.79 Å². The zero-order valence-corrected chi connectivity index (χ0v) is 19.5. The monoisotopic (exact) mass is 495 g/mol. The van der Waals surface area contributed by atoms with Crippen molar-refractivity contribution in [1.29, 1.82) is 0 Å². The quantitative estimate of drug-likeness (QED) is 0.292. The average Bonchev–Trinajstić information content (AvgIpc) is 3.59. The molecular weight excluding hydrogens is 471 g/mol. The molecule has 0 radical (unpaired) electrons. The van der Waals surface area contributed by atoms with E-state index in [0.29, 0.717) is 24.1 Å². The second-order valence-corrected chi connectivity index (χ2v) is 8.85. The molecule has 1 amide bonds. The smallest absolute Gasteiger partial charge is 0.394 e. The summed E-state index contributed by atoms with van der Waals surface area (Å²) in [6.45, 7) is 0.650. The number of aromatic nitrogens is 2. The molecule has 0 atom stereocenters. The van der Waals surface area contributed by atoms with Crippen LogP contribution in [0.2, 0.25) is 0 Å². The molecular formula is C27H24F3N3O3. The normalized spacial score (nSPS) is 14.2. The maximum absolute atomic E-state index is 13.5. The van der Waals surface area contributed by atoms with Crippen molar-refractivity contribution in [3.8, 4) is 28.5 Å². The SMILES string of the molecule is CC(F)(F)Oc1ccc(NC(=O)c2ccc(-c3c(-c4ccc(F)cc4)ncn3C3CCCC3)o2)cc1. The van der Waals surface area contributed by atoms with Crippen LogP contribution in [0.1, 0.15) is 49.2 Å². The number of benzene rings is 2. The molecule has 1 aliphatic carbocycles. The molecule has 0 saturated heterocycles. The predicted octanol–water partition coefficient (Wildman–Crippen LogP) is 7.31. The van der Waals surface area contributed by atoms with E-state index in [1.54, 1.807) is 30.6 Å². The van der Waals surface area contributed by atoms with Crippen LogP contribution in [-0.4, -0.2) is 21.6 Å². The minimum Gasteiger partial charge on any atom is -0.449 e. The first-order valence-corrected chi connectivity index (χ1v) is 11.7. The lowest BCUT2D eigenvalue weighted by Gasteiger charge is -2.15. The topological polar surface area (TPSA) is 69.3 Å². The van der Waals surface area contributed by atoms with E-state index < -0.39 is 12.0 Å². The largest absolute Gasteiger partial charge is 0.449 e. The minimum atomic E-state index is -3.30. The van der Waals surface area contributed by atoms with Gasteiger partial charge in [-0.1, -0.05) is 12.8 Å². The third-order valence-corrected chi connectivity index (χ3v) is 6.10. The van der Waals surface area contributed by atoms with E-state index >= 15 is 0 Å². The molecule has 1 N–H and O–H groups in total. The van der Waals surface area contributed by atoms with Gasteiger partial charge in [0.05, 0.1) is 12.0 Å². The van der Waals surface area contributed by atoms with E-state index in [1.165, 1.54) is 36.4 Å². The summed E-state index contributed by atoms with van der Waals surface area (Å²) in [5, 5.41) is 2.69. The molecule has 2 aromatic carbocycles. The number of halogens is 3. The van der Waals surface area contributed by atoms with Crippen LogP contribution in [0.4, 0.5) is 18.9 Å². The number of hydrogen-bond donors (Lipinski definition) is 1. The first-order chi connectivity index (χ1) is 17.3. The number of hydrogen-bond acceptors (Lipinski definition) is 4. The Morgan fingerprint density at radius 1 is 1.06 bits per heavy atom. The molecule has 1 saturated carbocycles. The molecule has 36 heavy (non-hydrogen) atoms. The van der Waals surface area contributed by atoms with Crippen LogP contribution in [-0.2, 0) is 0 Å². The number of anilines is 1. The highest BCUT2D eigenvalue weighted by molar-refractivity contribution is 6.02. The summed E-state index contributed by atoms with van der Waals surface area (Å²) >= 11 is 0. The molecule has 9 heteroatoms. The van der Waals surface area contributed by atoms with Gasteiger partial charge >= 0.3 is 6.11 Å². The highest BCUT2D eigenvalue weighted by Gasteiger charge is 2.26. The molecule has 6 nitrogen and oxygen atoms in total. The first-order valence-electron chi connectivity index (χ1n) is 11.7. The van der Waals surface area contributed by atoms with Gasteiger partial charge in [-0.05, 0) is 73.5 Å². The number of carbonyl (C=O) groups excluding carboxylic acids is 1. The summed E-state index contributed by atoms with van der Waals surface area (Å²) in [6.07, 6.45) is 2.76. The standard InChI is InChI=1S/C27H24F3N3O3/c1-27(29,30)36-21-12-10-19(11-13-21)32-26(34)23-15-14-22(35-23)25-24(17-6-8-18(28)9-7-17)31-16-33(25)20-4-2-3-5-20/h6-16,20H,2-5H2,1H3,(H,32,34). The molecule has 1 fully saturated rings. The van der Waals surface area contributed by atoms with Gasteiger partial charge in [0.15, 0.2) is 11.5 Å². The average molecular weight is 496 g/mol. The zero-order chi connectivity index (χ0) is 25.3. The van der Waals surface area contributed by atoms with E-state index in [1.807, 2.05) is 0 Å². The number of alkyl halides is 2. The van der Waals surface area contributed by atoms with Gasteiger partial charge in [0.1, 0.15) is 17.3 Å². The Labute approximate surface area is 205 Å². The Morgan fingerprint density at radius 2 is 1.75 bits per heavy atom. The number of furan rings is 1. The number of ether oxygens (including phenoxy) is 1. The maximum atomic E-state index is 13.5. The second kappa shape index (κ2) is 9.56.